The predicted octanol–water partition coefficient (Wildman–Crippen LogP) is 3.79. The van der Waals surface area contributed by atoms with Gasteiger partial charge < -0.3 is 0 Å². The molecule has 0 aromatic heterocycles. The molecule has 3 N–H and O–H groups in total. The van der Waals surface area contributed by atoms with Gasteiger partial charge in [0.05, 0.1) is 6.04 Å². The van der Waals surface area contributed by atoms with Crippen LogP contribution in [0.15, 0.2) is 46.9 Å². The quantitative estimate of drug-likeness (QED) is 0.664. The van der Waals surface area contributed by atoms with Gasteiger partial charge in [0, 0.05) is 15.1 Å². The summed E-state index contributed by atoms with van der Waals surface area (Å²) in [5.74, 6) is 5.24. The Labute approximate surface area is 118 Å². The number of rotatable bonds is 3. The Morgan fingerprint density at radius 1 is 1.17 bits per heavy atom. The van der Waals surface area contributed by atoms with Crippen LogP contribution in [0.2, 0.25) is 5.02 Å². The van der Waals surface area contributed by atoms with Crippen LogP contribution in [-0.4, -0.2) is 0 Å². The van der Waals surface area contributed by atoms with Gasteiger partial charge in [0.15, 0.2) is 0 Å². The summed E-state index contributed by atoms with van der Waals surface area (Å²) in [6, 6.07) is 11.4. The Bertz CT molecular complexity index is 562. The Hall–Kier alpha value is -0.940. The molecule has 1 unspecified atom stereocenters. The molecule has 0 spiro atoms. The van der Waals surface area contributed by atoms with E-state index in [0.29, 0.717) is 10.6 Å². The minimum absolute atomic E-state index is 0.303. The highest BCUT2D eigenvalue weighted by molar-refractivity contribution is 9.10. The van der Waals surface area contributed by atoms with E-state index in [0.717, 1.165) is 10.0 Å². The Balaban J connectivity index is 2.49. The van der Waals surface area contributed by atoms with E-state index in [9.17, 15) is 4.39 Å². The molecule has 0 heterocycles. The van der Waals surface area contributed by atoms with Crippen molar-refractivity contribution in [3.05, 3.63) is 68.9 Å². The Kier molecular flexibility index (Phi) is 4.35. The van der Waals surface area contributed by atoms with Crippen LogP contribution in [0.1, 0.15) is 17.2 Å². The molecule has 0 saturated heterocycles. The first-order valence-electron chi connectivity index (χ1n) is 5.29. The van der Waals surface area contributed by atoms with Crippen LogP contribution in [-0.2, 0) is 0 Å². The lowest BCUT2D eigenvalue weighted by molar-refractivity contribution is 0.559. The fourth-order valence-corrected chi connectivity index (χ4v) is 2.70. The van der Waals surface area contributed by atoms with Gasteiger partial charge in [-0.05, 0) is 23.8 Å². The van der Waals surface area contributed by atoms with Crippen molar-refractivity contribution in [2.24, 2.45) is 5.84 Å². The number of benzene rings is 2. The smallest absolute Gasteiger partial charge is 0.128 e. The minimum Gasteiger partial charge on any atom is -0.271 e. The van der Waals surface area contributed by atoms with Crippen LogP contribution in [0.25, 0.3) is 0 Å². The number of nitrogens with one attached hydrogen (secondary N) is 1. The van der Waals surface area contributed by atoms with Crippen molar-refractivity contribution >= 4 is 27.5 Å². The molecule has 18 heavy (non-hydrogen) atoms. The van der Waals surface area contributed by atoms with E-state index < -0.39 is 6.04 Å². The number of nitrogens with two attached hydrogens (primary N) is 1. The van der Waals surface area contributed by atoms with Crippen LogP contribution in [0.3, 0.4) is 0 Å². The molecule has 2 nitrogen and oxygen atoms in total. The van der Waals surface area contributed by atoms with Crippen molar-refractivity contribution in [3.8, 4) is 0 Å². The molecular weight excluding hydrogens is 319 g/mol. The first kappa shape index (κ1) is 13.5. The highest BCUT2D eigenvalue weighted by Gasteiger charge is 2.18. The lowest BCUT2D eigenvalue weighted by Crippen LogP contribution is -2.29. The second kappa shape index (κ2) is 5.80. The van der Waals surface area contributed by atoms with Gasteiger partial charge >= 0.3 is 0 Å². The molecule has 0 aliphatic carbocycles. The third-order valence-electron chi connectivity index (χ3n) is 2.66. The summed E-state index contributed by atoms with van der Waals surface area (Å²) in [6.07, 6.45) is 0. The summed E-state index contributed by atoms with van der Waals surface area (Å²) in [6.45, 7) is 0. The molecule has 0 amide bonds. The van der Waals surface area contributed by atoms with Gasteiger partial charge in [-0.3, -0.25) is 5.84 Å². The molecule has 0 radical (unpaired) electrons. The minimum atomic E-state index is -0.433. The normalized spacial score (nSPS) is 12.4. The zero-order valence-corrected chi connectivity index (χ0v) is 11.7. The summed E-state index contributed by atoms with van der Waals surface area (Å²) in [5, 5.41) is 0.606. The third kappa shape index (κ3) is 2.72. The van der Waals surface area contributed by atoms with E-state index in [4.69, 9.17) is 17.4 Å². The summed E-state index contributed by atoms with van der Waals surface area (Å²) >= 11 is 9.29. The Morgan fingerprint density at radius 3 is 2.50 bits per heavy atom. The maximum absolute atomic E-state index is 13.8. The Morgan fingerprint density at radius 2 is 1.89 bits per heavy atom. The topological polar surface area (TPSA) is 38.0 Å². The van der Waals surface area contributed by atoms with Crippen molar-refractivity contribution < 1.29 is 4.39 Å². The van der Waals surface area contributed by atoms with Gasteiger partial charge in [0.25, 0.3) is 0 Å². The maximum Gasteiger partial charge on any atom is 0.128 e. The average molecular weight is 330 g/mol. The molecule has 0 aliphatic heterocycles. The van der Waals surface area contributed by atoms with Gasteiger partial charge in [-0.25, -0.2) is 9.82 Å². The van der Waals surface area contributed by atoms with Gasteiger partial charge in [0.2, 0.25) is 0 Å². The van der Waals surface area contributed by atoms with E-state index >= 15 is 0 Å². The molecule has 5 heteroatoms. The molecule has 0 bridgehead atoms. The summed E-state index contributed by atoms with van der Waals surface area (Å²) < 4.78 is 14.6. The van der Waals surface area contributed by atoms with Crippen molar-refractivity contribution in [3.63, 3.8) is 0 Å². The number of hydrazine groups is 1. The maximum atomic E-state index is 13.8. The summed E-state index contributed by atoms with van der Waals surface area (Å²) in [4.78, 5) is 0. The molecular formula is C13H11BrClFN2. The standard InChI is InChI=1S/C13H11BrClFN2/c14-11-7-8(15)5-6-9(11)13(18-17)10-3-1-2-4-12(10)16/h1-7,13,18H,17H2. The van der Waals surface area contributed by atoms with Crippen LogP contribution < -0.4 is 11.3 Å². The van der Waals surface area contributed by atoms with Gasteiger partial charge in [-0.15, -0.1) is 0 Å². The van der Waals surface area contributed by atoms with E-state index in [2.05, 4.69) is 21.4 Å². The first-order valence-corrected chi connectivity index (χ1v) is 6.46. The van der Waals surface area contributed by atoms with Crippen molar-refractivity contribution in [2.45, 2.75) is 6.04 Å². The first-order chi connectivity index (χ1) is 8.63. The van der Waals surface area contributed by atoms with Crippen molar-refractivity contribution in [1.82, 2.24) is 5.43 Å². The zero-order valence-electron chi connectivity index (χ0n) is 9.33. The lowest BCUT2D eigenvalue weighted by atomic mass is 9.99. The molecule has 0 saturated carbocycles. The van der Waals surface area contributed by atoms with E-state index in [1.165, 1.54) is 6.07 Å². The summed E-state index contributed by atoms with van der Waals surface area (Å²) in [7, 11) is 0. The molecule has 2 rings (SSSR count). The fraction of sp³-hybridized carbons (Fsp3) is 0.0769. The molecule has 94 valence electrons. The zero-order chi connectivity index (χ0) is 13.1. The lowest BCUT2D eigenvalue weighted by Gasteiger charge is -2.19. The van der Waals surface area contributed by atoms with E-state index in [1.807, 2.05) is 6.07 Å². The molecule has 0 aliphatic rings. The second-order valence-electron chi connectivity index (χ2n) is 3.79. The predicted molar refractivity (Wildman–Crippen MR) is 74.7 cm³/mol. The fourth-order valence-electron chi connectivity index (χ4n) is 1.79. The highest BCUT2D eigenvalue weighted by atomic mass is 79.9. The van der Waals surface area contributed by atoms with Gasteiger partial charge in [-0.2, -0.15) is 0 Å². The van der Waals surface area contributed by atoms with Crippen LogP contribution in [0.5, 0.6) is 0 Å². The van der Waals surface area contributed by atoms with E-state index in [1.54, 1.807) is 30.3 Å². The SMILES string of the molecule is NNC(c1ccccc1F)c1ccc(Cl)cc1Br. The molecule has 0 fully saturated rings. The highest BCUT2D eigenvalue weighted by Crippen LogP contribution is 2.31. The largest absolute Gasteiger partial charge is 0.271 e. The third-order valence-corrected chi connectivity index (χ3v) is 3.58. The van der Waals surface area contributed by atoms with Crippen LogP contribution in [0.4, 0.5) is 4.39 Å². The molecule has 2 aromatic carbocycles. The van der Waals surface area contributed by atoms with Gasteiger partial charge in [0.1, 0.15) is 5.82 Å². The average Bonchev–Trinajstić information content (AvgIpc) is 2.34. The van der Waals surface area contributed by atoms with Crippen LogP contribution >= 0.6 is 27.5 Å². The van der Waals surface area contributed by atoms with Crippen molar-refractivity contribution in [2.75, 3.05) is 0 Å². The van der Waals surface area contributed by atoms with E-state index in [-0.39, 0.29) is 5.82 Å². The number of hydrogen-bond acceptors (Lipinski definition) is 2. The number of hydrogen-bond donors (Lipinski definition) is 2. The van der Waals surface area contributed by atoms with Gasteiger partial charge in [-0.1, -0.05) is 51.8 Å². The molecule has 2 aromatic rings. The summed E-state index contributed by atoms with van der Waals surface area (Å²) in [5.41, 5.74) is 3.94. The van der Waals surface area contributed by atoms with Crippen LogP contribution in [0, 0.1) is 5.82 Å². The number of halogens is 3. The monoisotopic (exact) mass is 328 g/mol. The second-order valence-corrected chi connectivity index (χ2v) is 5.08. The molecule has 1 atom stereocenters. The van der Waals surface area contributed by atoms with Crippen molar-refractivity contribution in [1.29, 1.82) is 0 Å².